The molecule has 1 heterocycles. The molecule has 0 aliphatic carbocycles. The summed E-state index contributed by atoms with van der Waals surface area (Å²) in [6.45, 7) is 7.70. The Morgan fingerprint density at radius 2 is 1.53 bits per heavy atom. The van der Waals surface area contributed by atoms with Gasteiger partial charge in [0.25, 0.3) is 0 Å². The van der Waals surface area contributed by atoms with E-state index in [4.69, 9.17) is 4.74 Å². The Hall–Kier alpha value is -1.83. The van der Waals surface area contributed by atoms with E-state index < -0.39 is 0 Å². The number of para-hydroxylation sites is 1. The van der Waals surface area contributed by atoms with Crippen LogP contribution in [0, 0.1) is 5.92 Å². The van der Waals surface area contributed by atoms with Gasteiger partial charge in [0.1, 0.15) is 5.75 Å². The summed E-state index contributed by atoms with van der Waals surface area (Å²) in [5.41, 5.74) is 3.54. The van der Waals surface area contributed by atoms with Crippen LogP contribution in [0.3, 0.4) is 0 Å². The van der Waals surface area contributed by atoms with E-state index in [1.165, 1.54) is 82.6 Å². The van der Waals surface area contributed by atoms with E-state index in [9.17, 15) is 0 Å². The number of hydrogen-bond donors (Lipinski definition) is 0. The summed E-state index contributed by atoms with van der Waals surface area (Å²) in [5, 5.41) is 0. The molecule has 1 atom stereocenters. The molecule has 1 aromatic carbocycles. The zero-order valence-electron chi connectivity index (χ0n) is 21.1. The first-order valence-electron chi connectivity index (χ1n) is 13.4. The summed E-state index contributed by atoms with van der Waals surface area (Å²) in [6, 6.07) is 12.8. The third kappa shape index (κ3) is 10.7. The van der Waals surface area contributed by atoms with Crippen LogP contribution in [0.25, 0.3) is 11.3 Å². The number of aryl methyl sites for hydroxylation is 1. The first kappa shape index (κ1) is 26.4. The molecule has 1 aromatic heterocycles. The molecule has 0 N–H and O–H groups in total. The van der Waals surface area contributed by atoms with Gasteiger partial charge in [-0.25, -0.2) is 0 Å². The van der Waals surface area contributed by atoms with Gasteiger partial charge in [-0.3, -0.25) is 4.98 Å². The molecule has 0 aliphatic heterocycles. The number of hydrogen-bond acceptors (Lipinski definition) is 2. The maximum Gasteiger partial charge on any atom is 0.128 e. The van der Waals surface area contributed by atoms with Gasteiger partial charge in [0.05, 0.1) is 12.3 Å². The van der Waals surface area contributed by atoms with Crippen molar-refractivity contribution in [2.24, 2.45) is 5.92 Å². The van der Waals surface area contributed by atoms with E-state index in [2.05, 4.69) is 62.2 Å². The molecular formula is C30H47NO. The predicted octanol–water partition coefficient (Wildman–Crippen LogP) is 9.42. The first-order chi connectivity index (χ1) is 15.7. The van der Waals surface area contributed by atoms with Crippen LogP contribution in [0.1, 0.15) is 110 Å². The molecule has 2 rings (SSSR count). The lowest BCUT2D eigenvalue weighted by molar-refractivity contribution is 0.303. The van der Waals surface area contributed by atoms with Gasteiger partial charge < -0.3 is 4.74 Å². The van der Waals surface area contributed by atoms with Gasteiger partial charge >= 0.3 is 0 Å². The minimum Gasteiger partial charge on any atom is -0.493 e. The molecule has 2 heteroatoms. The molecule has 2 aromatic rings. The molecule has 0 spiro atoms. The summed E-state index contributed by atoms with van der Waals surface area (Å²) >= 11 is 0. The van der Waals surface area contributed by atoms with Gasteiger partial charge in [0, 0.05) is 11.8 Å². The van der Waals surface area contributed by atoms with E-state index in [1.807, 2.05) is 6.20 Å². The summed E-state index contributed by atoms with van der Waals surface area (Å²) in [4.78, 5) is 4.66. The standard InChI is InChI=1S/C30H47NO/c1-4-6-7-8-9-10-11-14-19-27-22-23-31-29(25-27)28-20-15-16-21-30(28)32-24-17-12-13-18-26(3)5-2/h15-16,20-23,25-26H,4-14,17-19,24H2,1-3H3. The fourth-order valence-corrected chi connectivity index (χ4v) is 4.20. The third-order valence-corrected chi connectivity index (χ3v) is 6.60. The van der Waals surface area contributed by atoms with Crippen LogP contribution >= 0.6 is 0 Å². The van der Waals surface area contributed by atoms with Crippen molar-refractivity contribution in [2.75, 3.05) is 6.61 Å². The second kappa shape index (κ2) is 16.8. The van der Waals surface area contributed by atoms with Gasteiger partial charge in [0.2, 0.25) is 0 Å². The molecule has 0 aliphatic rings. The van der Waals surface area contributed by atoms with Gasteiger partial charge in [-0.15, -0.1) is 0 Å². The average molecular weight is 438 g/mol. The molecule has 0 fully saturated rings. The summed E-state index contributed by atoms with van der Waals surface area (Å²) in [6.07, 6.45) is 20.3. The van der Waals surface area contributed by atoms with Crippen LogP contribution in [0.15, 0.2) is 42.6 Å². The number of ether oxygens (including phenoxy) is 1. The number of rotatable bonds is 18. The number of unbranched alkanes of at least 4 members (excludes halogenated alkanes) is 9. The predicted molar refractivity (Wildman–Crippen MR) is 139 cm³/mol. The van der Waals surface area contributed by atoms with Gasteiger partial charge in [-0.1, -0.05) is 104 Å². The monoisotopic (exact) mass is 437 g/mol. The third-order valence-electron chi connectivity index (χ3n) is 6.60. The van der Waals surface area contributed by atoms with Crippen LogP contribution in [0.2, 0.25) is 0 Å². The lowest BCUT2D eigenvalue weighted by Crippen LogP contribution is -2.00. The smallest absolute Gasteiger partial charge is 0.128 e. The Labute approximate surface area is 198 Å². The molecule has 0 amide bonds. The Morgan fingerprint density at radius 3 is 2.31 bits per heavy atom. The summed E-state index contributed by atoms with van der Waals surface area (Å²) < 4.78 is 6.18. The van der Waals surface area contributed by atoms with Gasteiger partial charge in [0.15, 0.2) is 0 Å². The minimum absolute atomic E-state index is 0.787. The maximum atomic E-state index is 6.18. The number of benzene rings is 1. The van der Waals surface area contributed by atoms with Crippen LogP contribution in [0.5, 0.6) is 5.75 Å². The minimum atomic E-state index is 0.787. The largest absolute Gasteiger partial charge is 0.493 e. The van der Waals surface area contributed by atoms with Crippen LogP contribution in [-0.2, 0) is 6.42 Å². The normalized spacial score (nSPS) is 12.1. The first-order valence-corrected chi connectivity index (χ1v) is 13.4. The highest BCUT2D eigenvalue weighted by Crippen LogP contribution is 2.29. The van der Waals surface area contributed by atoms with Crippen LogP contribution < -0.4 is 4.74 Å². The highest BCUT2D eigenvalue weighted by molar-refractivity contribution is 5.67. The lowest BCUT2D eigenvalue weighted by atomic mass is 10.0. The second-order valence-corrected chi connectivity index (χ2v) is 9.48. The van der Waals surface area contributed by atoms with Gasteiger partial charge in [-0.05, 0) is 55.0 Å². The SMILES string of the molecule is CCCCCCCCCCc1ccnc(-c2ccccc2OCCCCCC(C)CC)c1. The highest BCUT2D eigenvalue weighted by Gasteiger charge is 2.08. The van der Waals surface area contributed by atoms with Crippen molar-refractivity contribution in [1.29, 1.82) is 0 Å². The topological polar surface area (TPSA) is 22.1 Å². The van der Waals surface area contributed by atoms with Crippen molar-refractivity contribution in [2.45, 2.75) is 111 Å². The second-order valence-electron chi connectivity index (χ2n) is 9.48. The Balaban J connectivity index is 1.78. The number of nitrogens with zero attached hydrogens (tertiary/aromatic N) is 1. The van der Waals surface area contributed by atoms with Crippen LogP contribution in [-0.4, -0.2) is 11.6 Å². The number of aromatic nitrogens is 1. The molecular weight excluding hydrogens is 390 g/mol. The van der Waals surface area contributed by atoms with Gasteiger partial charge in [-0.2, -0.15) is 0 Å². The maximum absolute atomic E-state index is 6.18. The van der Waals surface area contributed by atoms with Crippen molar-refractivity contribution < 1.29 is 4.74 Å². The van der Waals surface area contributed by atoms with Crippen LogP contribution in [0.4, 0.5) is 0 Å². The molecule has 0 radical (unpaired) electrons. The van der Waals surface area contributed by atoms with Crippen molar-refractivity contribution in [3.63, 3.8) is 0 Å². The zero-order chi connectivity index (χ0) is 22.9. The fourth-order valence-electron chi connectivity index (χ4n) is 4.20. The molecule has 2 nitrogen and oxygen atoms in total. The Bertz CT molecular complexity index is 726. The average Bonchev–Trinajstić information content (AvgIpc) is 2.83. The highest BCUT2D eigenvalue weighted by atomic mass is 16.5. The van der Waals surface area contributed by atoms with E-state index in [1.54, 1.807) is 0 Å². The molecule has 0 saturated heterocycles. The quantitative estimate of drug-likeness (QED) is 0.217. The molecule has 0 bridgehead atoms. The van der Waals surface area contributed by atoms with Crippen molar-refractivity contribution >= 4 is 0 Å². The molecule has 1 unspecified atom stereocenters. The lowest BCUT2D eigenvalue weighted by Gasteiger charge is -2.12. The molecule has 0 saturated carbocycles. The molecule has 32 heavy (non-hydrogen) atoms. The number of pyridine rings is 1. The molecule has 178 valence electrons. The Morgan fingerprint density at radius 1 is 0.812 bits per heavy atom. The van der Waals surface area contributed by atoms with Crippen molar-refractivity contribution in [3.05, 3.63) is 48.2 Å². The van der Waals surface area contributed by atoms with E-state index in [0.717, 1.165) is 42.4 Å². The van der Waals surface area contributed by atoms with E-state index in [0.29, 0.717) is 0 Å². The van der Waals surface area contributed by atoms with Crippen molar-refractivity contribution in [3.8, 4) is 17.0 Å². The van der Waals surface area contributed by atoms with E-state index >= 15 is 0 Å². The zero-order valence-corrected chi connectivity index (χ0v) is 21.1. The fraction of sp³-hybridized carbons (Fsp3) is 0.633. The summed E-state index contributed by atoms with van der Waals surface area (Å²) in [5.74, 6) is 1.81. The summed E-state index contributed by atoms with van der Waals surface area (Å²) in [7, 11) is 0. The van der Waals surface area contributed by atoms with E-state index in [-0.39, 0.29) is 0 Å². The van der Waals surface area contributed by atoms with Crippen molar-refractivity contribution in [1.82, 2.24) is 4.98 Å². The Kier molecular flexibility index (Phi) is 13.8.